The molecule has 358 valence electrons. The van der Waals surface area contributed by atoms with E-state index in [0.29, 0.717) is 28.6 Å². The minimum absolute atomic E-state index is 0.0471. The van der Waals surface area contributed by atoms with Crippen molar-refractivity contribution in [1.29, 1.82) is 0 Å². The van der Waals surface area contributed by atoms with E-state index in [4.69, 9.17) is 32.5 Å². The number of nitrogen functional groups attached to an aromatic ring is 2. The maximum Gasteiger partial charge on any atom is 0.352 e. The Morgan fingerprint density at radius 3 is 1.73 bits per heavy atom. The van der Waals surface area contributed by atoms with E-state index in [1.165, 1.54) is 61.3 Å². The van der Waals surface area contributed by atoms with Crippen molar-refractivity contribution in [3.05, 3.63) is 46.1 Å². The number of carbonyl (C=O) groups excluding carboxylic acids is 5. The second-order valence-electron chi connectivity index (χ2n) is 13.7. The average Bonchev–Trinajstić information content (AvgIpc) is 3.92. The van der Waals surface area contributed by atoms with Crippen LogP contribution < -0.4 is 33.6 Å². The standard InChI is InChI=1S/C19H24N10O5S3.C15H16N6O7S2/c1-3-28-9(21)4-8(20)23-19(28)36-6-7-5-35-16-11(15(31)29(16)12(7)17(32)33)24-14(30)10(26-34-2)13-25-18(22)37-27-13;1-5(22)28-3-6-4-29-13-8(12(24)21(13)9(6)14(25)26)17-11(23)7(19-27-2)10-18-15(16)30-20-10/h4,9,11,16H,3,5-6,20-21H2,1-2H3,(H,24,30)(H,32,33)(H2,22,25,27);8,13H,3-4H2,1-2H3,(H,17,23)(H,25,26)(H2,16,18,20)/b26-10-;19-7-/t9?,11?,16-;8?,13-/m00/s1. The van der Waals surface area contributed by atoms with Gasteiger partial charge in [0.1, 0.15) is 67.0 Å². The lowest BCUT2D eigenvalue weighted by atomic mass is 10.0. The number of nitrogens with zero attached hydrogens (tertiary/aromatic N) is 10. The number of ether oxygens (including phenoxy) is 1. The summed E-state index contributed by atoms with van der Waals surface area (Å²) in [5.41, 5.74) is 23.0. The Morgan fingerprint density at radius 1 is 0.836 bits per heavy atom. The van der Waals surface area contributed by atoms with Gasteiger partial charge in [0.05, 0.1) is 0 Å². The molecule has 3 unspecified atom stereocenters. The molecular weight excluding hydrogens is 985 g/mol. The smallest absolute Gasteiger partial charge is 0.352 e. The van der Waals surface area contributed by atoms with Crippen LogP contribution in [0.15, 0.2) is 49.7 Å². The van der Waals surface area contributed by atoms with Crippen molar-refractivity contribution in [3.63, 3.8) is 0 Å². The summed E-state index contributed by atoms with van der Waals surface area (Å²) in [4.78, 5) is 112. The summed E-state index contributed by atoms with van der Waals surface area (Å²) < 4.78 is 12.7. The van der Waals surface area contributed by atoms with Gasteiger partial charge in [0.25, 0.3) is 23.6 Å². The largest absolute Gasteiger partial charge is 0.477 e. The van der Waals surface area contributed by atoms with Gasteiger partial charge in [0.2, 0.25) is 23.1 Å². The van der Waals surface area contributed by atoms with Gasteiger partial charge in [-0.3, -0.25) is 33.8 Å². The van der Waals surface area contributed by atoms with Crippen molar-refractivity contribution < 1.29 is 58.2 Å². The highest BCUT2D eigenvalue weighted by atomic mass is 32.2. The van der Waals surface area contributed by atoms with Crippen molar-refractivity contribution in [2.75, 3.05) is 56.1 Å². The number of carboxylic acid groups (broad SMARTS) is 2. The Labute approximate surface area is 399 Å². The van der Waals surface area contributed by atoms with Gasteiger partial charge in [-0.15, -0.1) is 23.5 Å². The topological polar surface area (TPSA) is 414 Å². The SMILES string of the molecule is CCN1C(SCC2=C(C(=O)O)N3C(=O)C(NC(=O)/C(=N\OC)c4nsc(N)n4)[C@@H]3SC2)=NC(N)=CC1N.CO/N=C(\C(=O)NC1C(=O)N2C(C(=O)O)=C(COC(C)=O)CS[C@@H]12)c1nsc(N)n1. The number of carboxylic acids is 2. The molecule has 28 nitrogen and oxygen atoms in total. The number of amidine groups is 1. The van der Waals surface area contributed by atoms with Crippen LogP contribution in [0.3, 0.4) is 0 Å². The fourth-order valence-corrected chi connectivity index (χ4v) is 11.4. The number of aromatic nitrogens is 4. The first kappa shape index (κ1) is 49.9. The number of nitrogens with two attached hydrogens (primary N) is 4. The highest BCUT2D eigenvalue weighted by molar-refractivity contribution is 8.14. The van der Waals surface area contributed by atoms with Crippen LogP contribution in [-0.4, -0.2) is 175 Å². The van der Waals surface area contributed by atoms with E-state index >= 15 is 0 Å². The number of oxime groups is 2. The molecule has 0 saturated carbocycles. The van der Waals surface area contributed by atoms with E-state index in [-0.39, 0.29) is 68.7 Å². The van der Waals surface area contributed by atoms with Crippen LogP contribution in [-0.2, 0) is 48.0 Å². The van der Waals surface area contributed by atoms with E-state index in [1.54, 1.807) is 6.08 Å². The molecule has 0 spiro atoms. The predicted octanol–water partition coefficient (Wildman–Crippen LogP) is -2.51. The number of likely N-dealkylation sites (N-methyl/N-ethyl adjacent to an activating group) is 1. The molecule has 67 heavy (non-hydrogen) atoms. The molecule has 7 heterocycles. The van der Waals surface area contributed by atoms with Crippen LogP contribution in [0.4, 0.5) is 10.3 Å². The van der Waals surface area contributed by atoms with Gasteiger partial charge in [-0.1, -0.05) is 22.1 Å². The van der Waals surface area contributed by atoms with Gasteiger partial charge in [-0.05, 0) is 18.6 Å². The third-order valence-corrected chi connectivity index (χ3v) is 14.4. The summed E-state index contributed by atoms with van der Waals surface area (Å²) in [6, 6.07) is -1.97. The Bertz CT molecular complexity index is 2560. The molecule has 2 saturated heterocycles. The number of rotatable bonds is 15. The zero-order valence-electron chi connectivity index (χ0n) is 35.3. The number of fused-ring (bicyclic) bond motifs is 2. The van der Waals surface area contributed by atoms with Crippen LogP contribution in [0.1, 0.15) is 25.5 Å². The molecule has 4 amide bonds. The minimum atomic E-state index is -1.33. The molecule has 2 fully saturated rings. The zero-order chi connectivity index (χ0) is 48.9. The maximum atomic E-state index is 13.0. The molecule has 5 aliphatic rings. The number of nitrogens with one attached hydrogen (secondary N) is 2. The number of anilines is 2. The number of hydrogen-bond donors (Lipinski definition) is 8. The number of amides is 4. The molecule has 2 aromatic rings. The lowest BCUT2D eigenvalue weighted by molar-refractivity contribution is -0.150. The molecule has 33 heteroatoms. The lowest BCUT2D eigenvalue weighted by Gasteiger charge is -2.49. The molecule has 0 aromatic carbocycles. The van der Waals surface area contributed by atoms with E-state index < -0.39 is 70.5 Å². The molecule has 0 aliphatic carbocycles. The Morgan fingerprint density at radius 2 is 1.31 bits per heavy atom. The van der Waals surface area contributed by atoms with Crippen LogP contribution in [0, 0.1) is 0 Å². The van der Waals surface area contributed by atoms with Crippen molar-refractivity contribution in [2.45, 2.75) is 42.8 Å². The number of aliphatic imine (C=N–C) groups is 1. The molecule has 0 bridgehead atoms. The number of thioether (sulfide) groups is 3. The third kappa shape index (κ3) is 10.7. The third-order valence-electron chi connectivity index (χ3n) is 9.51. The maximum absolute atomic E-state index is 13.0. The molecule has 12 N–H and O–H groups in total. The van der Waals surface area contributed by atoms with E-state index in [9.17, 15) is 43.8 Å². The van der Waals surface area contributed by atoms with Crippen molar-refractivity contribution in [3.8, 4) is 0 Å². The Hall–Kier alpha value is -6.55. The fraction of sp³-hybridized carbons (Fsp3) is 0.412. The summed E-state index contributed by atoms with van der Waals surface area (Å²) in [6.45, 7) is 3.47. The molecule has 5 atom stereocenters. The van der Waals surface area contributed by atoms with E-state index in [1.807, 2.05) is 11.8 Å². The summed E-state index contributed by atoms with van der Waals surface area (Å²) >= 11 is 5.59. The van der Waals surface area contributed by atoms with Gasteiger partial charge in [0, 0.05) is 59.4 Å². The number of esters is 1. The Kier molecular flexibility index (Phi) is 15.9. The summed E-state index contributed by atoms with van der Waals surface area (Å²) in [5.74, 6) is -4.88. The second kappa shape index (κ2) is 21.4. The van der Waals surface area contributed by atoms with E-state index in [2.05, 4.69) is 49.5 Å². The first-order valence-electron chi connectivity index (χ1n) is 19.1. The van der Waals surface area contributed by atoms with Gasteiger partial charge in [-0.25, -0.2) is 14.6 Å². The first-order valence-corrected chi connectivity index (χ1v) is 23.7. The highest BCUT2D eigenvalue weighted by Crippen LogP contribution is 2.42. The fourth-order valence-electron chi connectivity index (χ4n) is 6.63. The van der Waals surface area contributed by atoms with Crippen LogP contribution >= 0.6 is 58.4 Å². The number of aliphatic carboxylic acids is 2. The first-order chi connectivity index (χ1) is 31.9. The predicted molar refractivity (Wildman–Crippen MR) is 244 cm³/mol. The average molecular weight is 1030 g/mol. The quantitative estimate of drug-likeness (QED) is 0.0395. The molecular formula is C34H40N16O12S5. The molecule has 0 radical (unpaired) electrons. The monoisotopic (exact) mass is 1020 g/mol. The summed E-state index contributed by atoms with van der Waals surface area (Å²) in [6.07, 6.45) is 1.19. The second-order valence-corrected chi connectivity index (χ2v) is 18.4. The van der Waals surface area contributed by atoms with E-state index in [0.717, 1.165) is 28.0 Å². The number of carbonyl (C=O) groups is 7. The van der Waals surface area contributed by atoms with Crippen LogP contribution in [0.25, 0.3) is 0 Å². The molecule has 5 aliphatic heterocycles. The van der Waals surface area contributed by atoms with Gasteiger partial charge >= 0.3 is 17.9 Å². The molecule has 2 aromatic heterocycles. The van der Waals surface area contributed by atoms with Gasteiger partial charge < -0.3 is 63.1 Å². The summed E-state index contributed by atoms with van der Waals surface area (Å²) in [7, 11) is 2.47. The van der Waals surface area contributed by atoms with Crippen LogP contribution in [0.2, 0.25) is 0 Å². The number of hydrogen-bond acceptors (Lipinski definition) is 27. The lowest BCUT2D eigenvalue weighted by Crippen LogP contribution is -2.71. The normalized spacial score (nSPS) is 22.5. The highest BCUT2D eigenvalue weighted by Gasteiger charge is 2.56. The zero-order valence-corrected chi connectivity index (χ0v) is 39.4. The van der Waals surface area contributed by atoms with Crippen molar-refractivity contribution in [2.24, 2.45) is 26.8 Å². The number of β-lactam (4-membered cyclic amide) rings is 2. The Balaban J connectivity index is 0.000000226. The van der Waals surface area contributed by atoms with Crippen LogP contribution in [0.5, 0.6) is 0 Å². The molecule has 7 rings (SSSR count). The minimum Gasteiger partial charge on any atom is -0.477 e. The summed E-state index contributed by atoms with van der Waals surface area (Å²) in [5, 5.41) is 31.4. The van der Waals surface area contributed by atoms with Crippen molar-refractivity contribution in [1.82, 2.24) is 44.0 Å². The van der Waals surface area contributed by atoms with Gasteiger partial charge in [0.15, 0.2) is 15.4 Å². The van der Waals surface area contributed by atoms with Gasteiger partial charge in [-0.2, -0.15) is 18.7 Å². The van der Waals surface area contributed by atoms with Crippen molar-refractivity contribution >= 4 is 127 Å².